The van der Waals surface area contributed by atoms with Gasteiger partial charge in [0.05, 0.1) is 17.6 Å². The van der Waals surface area contributed by atoms with Crippen molar-refractivity contribution < 1.29 is 4.79 Å². The van der Waals surface area contributed by atoms with Gasteiger partial charge >= 0.3 is 0 Å². The third-order valence-corrected chi connectivity index (χ3v) is 5.67. The maximum absolute atomic E-state index is 13.3. The number of benzene rings is 1. The van der Waals surface area contributed by atoms with Crippen LogP contribution in [0.25, 0.3) is 0 Å². The Kier molecular flexibility index (Phi) is 4.35. The van der Waals surface area contributed by atoms with E-state index in [4.69, 9.17) is 5.73 Å². The molecule has 4 rings (SSSR count). The van der Waals surface area contributed by atoms with Crippen molar-refractivity contribution in [2.24, 2.45) is 11.1 Å². The number of Topliss-reactive ketones (excluding diaryl/α,β-unsaturated/α-hetero) is 1. The fourth-order valence-corrected chi connectivity index (χ4v) is 4.49. The first-order valence-electron chi connectivity index (χ1n) is 8.89. The molecule has 3 N–H and O–H groups in total. The van der Waals surface area contributed by atoms with E-state index in [0.717, 1.165) is 15.7 Å². The Morgan fingerprint density at radius 3 is 2.82 bits per heavy atom. The maximum atomic E-state index is 13.3. The lowest BCUT2D eigenvalue weighted by Crippen LogP contribution is -2.42. The van der Waals surface area contributed by atoms with Crippen molar-refractivity contribution in [2.45, 2.75) is 32.6 Å². The number of nitrogens with two attached hydrogens (primary N) is 1. The Morgan fingerprint density at radius 2 is 2.18 bits per heavy atom. The second-order valence-corrected chi connectivity index (χ2v) is 8.76. The predicted molar refractivity (Wildman–Crippen MR) is 108 cm³/mol. The van der Waals surface area contributed by atoms with E-state index < -0.39 is 5.92 Å². The largest absolute Gasteiger partial charge is 0.384 e. The highest BCUT2D eigenvalue weighted by atomic mass is 79.9. The Balaban J connectivity index is 2.00. The molecular formula is C20H19BrN6O. The summed E-state index contributed by atoms with van der Waals surface area (Å²) in [6, 6.07) is 9.89. The lowest BCUT2D eigenvalue weighted by atomic mass is 9.68. The summed E-state index contributed by atoms with van der Waals surface area (Å²) < 4.78 is 0.879. The Bertz CT molecular complexity index is 1060. The van der Waals surface area contributed by atoms with Crippen LogP contribution in [-0.4, -0.2) is 21.0 Å². The molecule has 0 bridgehead atoms. The summed E-state index contributed by atoms with van der Waals surface area (Å²) in [5.74, 6) is 0.200. The molecule has 8 heteroatoms. The summed E-state index contributed by atoms with van der Waals surface area (Å²) in [6.45, 7) is 4.11. The zero-order valence-corrected chi connectivity index (χ0v) is 17.1. The summed E-state index contributed by atoms with van der Waals surface area (Å²) in [5.41, 5.74) is 8.82. The van der Waals surface area contributed by atoms with Crippen LogP contribution in [0.1, 0.15) is 38.2 Å². The lowest BCUT2D eigenvalue weighted by Gasteiger charge is -2.42. The third kappa shape index (κ3) is 2.92. The molecule has 1 aromatic heterocycles. The number of carbonyl (C=O) groups excluding carboxylic acids is 1. The zero-order chi connectivity index (χ0) is 20.1. The minimum Gasteiger partial charge on any atom is -0.384 e. The second-order valence-electron chi connectivity index (χ2n) is 7.84. The normalized spacial score (nSPS) is 21.6. The number of aromatic nitrogens is 3. The van der Waals surface area contributed by atoms with Crippen LogP contribution in [0.5, 0.6) is 0 Å². The molecule has 142 valence electrons. The molecule has 0 spiro atoms. The van der Waals surface area contributed by atoms with Crippen molar-refractivity contribution in [3.05, 3.63) is 63.3 Å². The molecule has 0 saturated heterocycles. The number of aromatic amines is 1. The highest BCUT2D eigenvalue weighted by molar-refractivity contribution is 9.10. The molecule has 7 nitrogen and oxygen atoms in total. The molecule has 0 amide bonds. The zero-order valence-electron chi connectivity index (χ0n) is 15.5. The van der Waals surface area contributed by atoms with Gasteiger partial charge in [0.25, 0.3) is 0 Å². The first-order chi connectivity index (χ1) is 13.3. The van der Waals surface area contributed by atoms with Gasteiger partial charge in [0.1, 0.15) is 12.1 Å². The van der Waals surface area contributed by atoms with Crippen molar-refractivity contribution in [1.29, 1.82) is 5.26 Å². The van der Waals surface area contributed by atoms with E-state index in [2.05, 4.69) is 51.0 Å². The van der Waals surface area contributed by atoms with Gasteiger partial charge in [0.15, 0.2) is 5.78 Å². The fraction of sp³-hybridized carbons (Fsp3) is 0.300. The fourth-order valence-electron chi connectivity index (χ4n) is 4.08. The Hall–Kier alpha value is -2.92. The summed E-state index contributed by atoms with van der Waals surface area (Å²) in [5, 5.41) is 16.7. The maximum Gasteiger partial charge on any atom is 0.231 e. The SMILES string of the molecule is CC1(C)CC(=O)C2=C(C1)N(c1ncn[nH]1)C(N)=C(C#N)C2c1cccc(Br)c1. The quantitative estimate of drug-likeness (QED) is 0.741. The highest BCUT2D eigenvalue weighted by Gasteiger charge is 2.45. The van der Waals surface area contributed by atoms with Gasteiger partial charge in [-0.25, -0.2) is 5.10 Å². The van der Waals surface area contributed by atoms with Crippen LogP contribution in [-0.2, 0) is 4.79 Å². The number of nitrogens with one attached hydrogen (secondary N) is 1. The van der Waals surface area contributed by atoms with Gasteiger partial charge in [-0.05, 0) is 29.5 Å². The lowest BCUT2D eigenvalue weighted by molar-refractivity contribution is -0.118. The molecule has 2 aromatic rings. The number of hydrogen-bond donors (Lipinski definition) is 2. The Morgan fingerprint density at radius 1 is 1.39 bits per heavy atom. The van der Waals surface area contributed by atoms with Gasteiger partial charge in [-0.3, -0.25) is 9.69 Å². The molecule has 1 atom stereocenters. The first-order valence-corrected chi connectivity index (χ1v) is 9.68. The van der Waals surface area contributed by atoms with Gasteiger partial charge < -0.3 is 5.73 Å². The molecule has 0 radical (unpaired) electrons. The average Bonchev–Trinajstić information content (AvgIpc) is 3.13. The Labute approximate surface area is 171 Å². The average molecular weight is 439 g/mol. The van der Waals surface area contributed by atoms with E-state index in [0.29, 0.717) is 29.9 Å². The van der Waals surface area contributed by atoms with Crippen LogP contribution in [0, 0.1) is 16.7 Å². The highest BCUT2D eigenvalue weighted by Crippen LogP contribution is 2.49. The van der Waals surface area contributed by atoms with Crippen molar-refractivity contribution in [3.8, 4) is 6.07 Å². The van der Waals surface area contributed by atoms with Crippen LogP contribution in [0.2, 0.25) is 0 Å². The van der Waals surface area contributed by atoms with Crippen LogP contribution in [0.15, 0.2) is 57.7 Å². The molecule has 0 saturated carbocycles. The summed E-state index contributed by atoms with van der Waals surface area (Å²) in [7, 11) is 0. The number of halogens is 1. The number of nitriles is 1. The number of hydrogen-bond acceptors (Lipinski definition) is 6. The van der Waals surface area contributed by atoms with Gasteiger partial charge in [0.2, 0.25) is 5.95 Å². The number of rotatable bonds is 2. The number of allylic oxidation sites excluding steroid dienone is 3. The number of ketones is 1. The summed E-state index contributed by atoms with van der Waals surface area (Å²) >= 11 is 3.49. The van der Waals surface area contributed by atoms with E-state index >= 15 is 0 Å². The van der Waals surface area contributed by atoms with Crippen LogP contribution < -0.4 is 10.6 Å². The monoisotopic (exact) mass is 438 g/mol. The van der Waals surface area contributed by atoms with E-state index in [1.165, 1.54) is 6.33 Å². The van der Waals surface area contributed by atoms with Gasteiger partial charge in [-0.1, -0.05) is 41.9 Å². The topological polar surface area (TPSA) is 112 Å². The molecule has 0 fully saturated rings. The minimum absolute atomic E-state index is 0.0287. The molecule has 1 aromatic carbocycles. The standard InChI is InChI=1S/C20H19BrN6O/c1-20(2)7-14-17(15(28)8-20)16(11-4-3-5-12(21)6-11)13(9-22)18(23)27(14)19-24-10-25-26-19/h3-6,10,16H,7-8,23H2,1-2H3,(H,24,25,26). The van der Waals surface area contributed by atoms with Gasteiger partial charge in [-0.15, -0.1) is 0 Å². The molecule has 28 heavy (non-hydrogen) atoms. The van der Waals surface area contributed by atoms with E-state index in [1.54, 1.807) is 4.90 Å². The van der Waals surface area contributed by atoms with E-state index in [1.807, 2.05) is 24.3 Å². The number of H-pyrrole nitrogens is 1. The summed E-state index contributed by atoms with van der Waals surface area (Å²) in [6.07, 6.45) is 2.43. The van der Waals surface area contributed by atoms with Crippen molar-refractivity contribution in [1.82, 2.24) is 15.2 Å². The van der Waals surface area contributed by atoms with Crippen LogP contribution in [0.4, 0.5) is 5.95 Å². The molecule has 2 aliphatic rings. The van der Waals surface area contributed by atoms with Gasteiger partial charge in [-0.2, -0.15) is 15.3 Å². The van der Waals surface area contributed by atoms with Crippen LogP contribution in [0.3, 0.4) is 0 Å². The predicted octanol–water partition coefficient (Wildman–Crippen LogP) is 3.51. The number of anilines is 1. The van der Waals surface area contributed by atoms with Gasteiger partial charge in [0, 0.05) is 22.2 Å². The minimum atomic E-state index is -0.500. The van der Waals surface area contributed by atoms with Crippen LogP contribution >= 0.6 is 15.9 Å². The van der Waals surface area contributed by atoms with E-state index in [-0.39, 0.29) is 17.0 Å². The molecule has 1 unspecified atom stereocenters. The molecule has 1 aliphatic carbocycles. The van der Waals surface area contributed by atoms with Crippen molar-refractivity contribution in [2.75, 3.05) is 4.90 Å². The first kappa shape index (κ1) is 18.4. The smallest absolute Gasteiger partial charge is 0.231 e. The van der Waals surface area contributed by atoms with E-state index in [9.17, 15) is 10.1 Å². The molecular weight excluding hydrogens is 420 g/mol. The van der Waals surface area contributed by atoms with Crippen molar-refractivity contribution >= 4 is 27.7 Å². The second kappa shape index (κ2) is 6.60. The third-order valence-electron chi connectivity index (χ3n) is 5.18. The number of nitrogens with zero attached hydrogens (tertiary/aromatic N) is 4. The molecule has 1 aliphatic heterocycles. The summed E-state index contributed by atoms with van der Waals surface area (Å²) in [4.78, 5) is 19.2. The van der Waals surface area contributed by atoms with Crippen molar-refractivity contribution in [3.63, 3.8) is 0 Å². The molecule has 2 heterocycles. The number of carbonyl (C=O) groups is 1.